The van der Waals surface area contributed by atoms with E-state index in [2.05, 4.69) is 27.4 Å². The second kappa shape index (κ2) is 8.38. The molecule has 1 aromatic carbocycles. The number of unbranched alkanes of at least 4 members (excludes halogenated alkanes) is 1. The van der Waals surface area contributed by atoms with Crippen LogP contribution in [0.2, 0.25) is 0 Å². The fraction of sp³-hybridized carbons (Fsp3) is 0.500. The highest BCUT2D eigenvalue weighted by Gasteiger charge is 2.13. The summed E-state index contributed by atoms with van der Waals surface area (Å²) in [5.74, 6) is 2.06. The molecule has 1 heterocycles. The lowest BCUT2D eigenvalue weighted by molar-refractivity contribution is 0.284. The van der Waals surface area contributed by atoms with Gasteiger partial charge in [-0.3, -0.25) is 4.98 Å². The molecule has 126 valence electrons. The van der Waals surface area contributed by atoms with E-state index in [0.717, 1.165) is 29.9 Å². The van der Waals surface area contributed by atoms with E-state index in [1.54, 1.807) is 7.11 Å². The van der Waals surface area contributed by atoms with Crippen molar-refractivity contribution in [3.8, 4) is 11.5 Å². The Balaban J connectivity index is 2.07. The molecule has 1 atom stereocenters. The van der Waals surface area contributed by atoms with Gasteiger partial charge in [0, 0.05) is 12.1 Å². The van der Waals surface area contributed by atoms with Crippen LogP contribution in [0.4, 0.5) is 0 Å². The number of hydrogen-bond donors (Lipinski definition) is 3. The van der Waals surface area contributed by atoms with Crippen LogP contribution in [-0.2, 0) is 6.54 Å². The van der Waals surface area contributed by atoms with E-state index < -0.39 is 0 Å². The van der Waals surface area contributed by atoms with Gasteiger partial charge in [-0.15, -0.1) is 0 Å². The summed E-state index contributed by atoms with van der Waals surface area (Å²) in [4.78, 5) is 13.8. The van der Waals surface area contributed by atoms with E-state index in [1.165, 1.54) is 0 Å². The Morgan fingerprint density at radius 1 is 1.39 bits per heavy atom. The van der Waals surface area contributed by atoms with Crippen LogP contribution in [0.3, 0.4) is 0 Å². The SMILES string of the molecule is CCCCOc1c(CN[C@@H](C)c2n[nH]c(=O)[nH]2)cccc1OC. The van der Waals surface area contributed by atoms with E-state index in [9.17, 15) is 4.79 Å². The van der Waals surface area contributed by atoms with Crippen LogP contribution in [0.15, 0.2) is 23.0 Å². The Kier molecular flexibility index (Phi) is 6.22. The van der Waals surface area contributed by atoms with E-state index in [-0.39, 0.29) is 11.7 Å². The van der Waals surface area contributed by atoms with Crippen molar-refractivity contribution in [2.24, 2.45) is 0 Å². The van der Waals surface area contributed by atoms with Crippen molar-refractivity contribution in [3.05, 3.63) is 40.1 Å². The minimum Gasteiger partial charge on any atom is -0.493 e. The summed E-state index contributed by atoms with van der Waals surface area (Å²) in [6.07, 6.45) is 2.07. The van der Waals surface area contributed by atoms with E-state index >= 15 is 0 Å². The summed E-state index contributed by atoms with van der Waals surface area (Å²) in [5, 5.41) is 9.62. The first-order valence-corrected chi connectivity index (χ1v) is 7.82. The number of ether oxygens (including phenoxy) is 2. The third-order valence-corrected chi connectivity index (χ3v) is 3.55. The summed E-state index contributed by atoms with van der Waals surface area (Å²) in [5.41, 5.74) is 0.698. The Morgan fingerprint density at radius 3 is 2.87 bits per heavy atom. The predicted molar refractivity (Wildman–Crippen MR) is 87.9 cm³/mol. The number of para-hydroxylation sites is 1. The van der Waals surface area contributed by atoms with Gasteiger partial charge >= 0.3 is 5.69 Å². The average molecular weight is 320 g/mol. The molecule has 2 aromatic rings. The van der Waals surface area contributed by atoms with Crippen LogP contribution < -0.4 is 20.5 Å². The van der Waals surface area contributed by atoms with Gasteiger partial charge in [0.25, 0.3) is 0 Å². The molecule has 0 fully saturated rings. The number of rotatable bonds is 9. The molecule has 0 aliphatic heterocycles. The normalized spacial score (nSPS) is 12.1. The third kappa shape index (κ3) is 4.59. The van der Waals surface area contributed by atoms with Crippen molar-refractivity contribution in [2.75, 3.05) is 13.7 Å². The molecule has 0 radical (unpaired) electrons. The first-order chi connectivity index (χ1) is 11.2. The molecule has 2 rings (SSSR count). The molecule has 0 saturated heterocycles. The molecule has 0 bridgehead atoms. The van der Waals surface area contributed by atoms with Crippen LogP contribution in [-0.4, -0.2) is 28.9 Å². The number of aromatic nitrogens is 3. The van der Waals surface area contributed by atoms with Crippen molar-refractivity contribution in [1.29, 1.82) is 0 Å². The number of aromatic amines is 2. The number of H-pyrrole nitrogens is 2. The Hall–Kier alpha value is -2.28. The lowest BCUT2D eigenvalue weighted by Crippen LogP contribution is -2.20. The van der Waals surface area contributed by atoms with Crippen LogP contribution in [0.25, 0.3) is 0 Å². The molecule has 1 aromatic heterocycles. The van der Waals surface area contributed by atoms with Gasteiger partial charge < -0.3 is 14.8 Å². The number of nitrogens with zero attached hydrogens (tertiary/aromatic N) is 1. The molecular weight excluding hydrogens is 296 g/mol. The van der Waals surface area contributed by atoms with Gasteiger partial charge in [-0.2, -0.15) is 5.10 Å². The molecule has 3 N–H and O–H groups in total. The van der Waals surface area contributed by atoms with Crippen molar-refractivity contribution < 1.29 is 9.47 Å². The number of hydrogen-bond acceptors (Lipinski definition) is 5. The second-order valence-corrected chi connectivity index (χ2v) is 5.32. The van der Waals surface area contributed by atoms with Crippen LogP contribution in [0.5, 0.6) is 11.5 Å². The Bertz CT molecular complexity index is 665. The number of methoxy groups -OCH3 is 1. The molecule has 0 aliphatic rings. The van der Waals surface area contributed by atoms with Gasteiger partial charge in [0.2, 0.25) is 0 Å². The zero-order valence-electron chi connectivity index (χ0n) is 13.8. The van der Waals surface area contributed by atoms with E-state index in [1.807, 2.05) is 25.1 Å². The quantitative estimate of drug-likeness (QED) is 0.616. The predicted octanol–water partition coefficient (Wildman–Crippen LogP) is 2.14. The molecule has 0 saturated carbocycles. The molecule has 0 spiro atoms. The summed E-state index contributed by atoms with van der Waals surface area (Å²) in [6.45, 7) is 5.30. The standard InChI is InChI=1S/C16H24N4O3/c1-4-5-9-23-14-12(7-6-8-13(14)22-3)10-17-11(2)15-18-16(21)20-19-15/h6-8,11,17H,4-5,9-10H2,1-3H3,(H2,18,19,20,21)/t11-/m0/s1. The Morgan fingerprint density at radius 2 is 2.22 bits per heavy atom. The molecule has 0 aliphatic carbocycles. The lowest BCUT2D eigenvalue weighted by Gasteiger charge is -2.17. The summed E-state index contributed by atoms with van der Waals surface area (Å²) in [6, 6.07) is 5.73. The third-order valence-electron chi connectivity index (χ3n) is 3.55. The van der Waals surface area contributed by atoms with Crippen LogP contribution >= 0.6 is 0 Å². The highest BCUT2D eigenvalue weighted by atomic mass is 16.5. The molecular formula is C16H24N4O3. The molecule has 7 heteroatoms. The van der Waals surface area contributed by atoms with Crippen LogP contribution in [0.1, 0.15) is 44.1 Å². The van der Waals surface area contributed by atoms with Gasteiger partial charge in [0.15, 0.2) is 11.5 Å². The molecule has 0 amide bonds. The van der Waals surface area contributed by atoms with Crippen molar-refractivity contribution in [2.45, 2.75) is 39.3 Å². The smallest absolute Gasteiger partial charge is 0.340 e. The van der Waals surface area contributed by atoms with Crippen LogP contribution in [0, 0.1) is 0 Å². The first kappa shape index (κ1) is 17.1. The second-order valence-electron chi connectivity index (χ2n) is 5.32. The molecule has 23 heavy (non-hydrogen) atoms. The first-order valence-electron chi connectivity index (χ1n) is 7.82. The van der Waals surface area contributed by atoms with Gasteiger partial charge in [0.05, 0.1) is 19.8 Å². The fourth-order valence-electron chi connectivity index (χ4n) is 2.19. The van der Waals surface area contributed by atoms with Gasteiger partial charge in [0.1, 0.15) is 5.82 Å². The van der Waals surface area contributed by atoms with E-state index in [0.29, 0.717) is 19.0 Å². The largest absolute Gasteiger partial charge is 0.493 e. The van der Waals surface area contributed by atoms with Crippen molar-refractivity contribution >= 4 is 0 Å². The average Bonchev–Trinajstić information content (AvgIpc) is 3.00. The maximum absolute atomic E-state index is 11.1. The van der Waals surface area contributed by atoms with E-state index in [4.69, 9.17) is 9.47 Å². The lowest BCUT2D eigenvalue weighted by atomic mass is 10.1. The Labute approximate surface area is 135 Å². The van der Waals surface area contributed by atoms with Gasteiger partial charge in [-0.25, -0.2) is 9.89 Å². The van der Waals surface area contributed by atoms with Crippen molar-refractivity contribution in [1.82, 2.24) is 20.5 Å². The zero-order chi connectivity index (χ0) is 16.7. The topological polar surface area (TPSA) is 92.0 Å². The molecule has 0 unspecified atom stereocenters. The van der Waals surface area contributed by atoms with Gasteiger partial charge in [-0.1, -0.05) is 25.5 Å². The summed E-state index contributed by atoms with van der Waals surface area (Å²) < 4.78 is 11.3. The number of nitrogens with one attached hydrogen (secondary N) is 3. The number of benzene rings is 1. The van der Waals surface area contributed by atoms with Crippen molar-refractivity contribution in [3.63, 3.8) is 0 Å². The zero-order valence-corrected chi connectivity index (χ0v) is 13.8. The fourth-order valence-corrected chi connectivity index (χ4v) is 2.19. The van der Waals surface area contributed by atoms with Gasteiger partial charge in [-0.05, 0) is 19.4 Å². The minimum atomic E-state index is -0.307. The highest BCUT2D eigenvalue weighted by molar-refractivity contribution is 5.46. The summed E-state index contributed by atoms with van der Waals surface area (Å²) in [7, 11) is 1.64. The maximum Gasteiger partial charge on any atom is 0.340 e. The maximum atomic E-state index is 11.1. The highest BCUT2D eigenvalue weighted by Crippen LogP contribution is 2.31. The monoisotopic (exact) mass is 320 g/mol. The summed E-state index contributed by atoms with van der Waals surface area (Å²) >= 11 is 0. The minimum absolute atomic E-state index is 0.0938. The molecule has 7 nitrogen and oxygen atoms in total.